The van der Waals surface area contributed by atoms with Gasteiger partial charge in [0.05, 0.1) is 4.88 Å². The molecule has 1 saturated heterocycles. The summed E-state index contributed by atoms with van der Waals surface area (Å²) < 4.78 is 5.45. The normalized spacial score (nSPS) is 24.8. The second kappa shape index (κ2) is 6.28. The number of hydrogen-bond donors (Lipinski definition) is 1. The highest BCUT2D eigenvalue weighted by molar-refractivity contribution is 7.14. The molecule has 0 saturated carbocycles. The van der Waals surface area contributed by atoms with Gasteiger partial charge in [-0.25, -0.2) is 10.3 Å². The van der Waals surface area contributed by atoms with Gasteiger partial charge in [-0.2, -0.15) is 0 Å². The first kappa shape index (κ1) is 15.9. The third-order valence-electron chi connectivity index (χ3n) is 4.17. The second-order valence-corrected chi connectivity index (χ2v) is 7.92. The van der Waals surface area contributed by atoms with E-state index in [1.807, 2.05) is 6.07 Å². The van der Waals surface area contributed by atoms with Crippen LogP contribution in [-0.4, -0.2) is 37.3 Å². The first-order valence-corrected chi connectivity index (χ1v) is 8.67. The van der Waals surface area contributed by atoms with E-state index in [4.69, 9.17) is 9.57 Å². The van der Waals surface area contributed by atoms with Gasteiger partial charge in [-0.1, -0.05) is 13.8 Å². The SMILES string of the molecule is CN1Cc2cc(C(=O)NOC3CCCCO3)sc2C(C)(C)C1. The van der Waals surface area contributed by atoms with Crippen LogP contribution in [0, 0.1) is 0 Å². The van der Waals surface area contributed by atoms with E-state index in [0.717, 1.165) is 32.4 Å². The molecule has 6 heteroatoms. The number of carbonyl (C=O) groups is 1. The monoisotopic (exact) mass is 324 g/mol. The molecule has 0 aliphatic carbocycles. The summed E-state index contributed by atoms with van der Waals surface area (Å²) in [6.07, 6.45) is 2.66. The quantitative estimate of drug-likeness (QED) is 0.869. The Balaban J connectivity index is 1.66. The lowest BCUT2D eigenvalue weighted by Gasteiger charge is -2.35. The molecule has 0 bridgehead atoms. The van der Waals surface area contributed by atoms with Crippen molar-refractivity contribution in [1.82, 2.24) is 10.4 Å². The number of thiophene rings is 1. The van der Waals surface area contributed by atoms with Gasteiger partial charge >= 0.3 is 0 Å². The van der Waals surface area contributed by atoms with E-state index in [1.54, 1.807) is 11.3 Å². The van der Waals surface area contributed by atoms with Crippen LogP contribution in [-0.2, 0) is 21.5 Å². The fourth-order valence-electron chi connectivity index (χ4n) is 3.30. The van der Waals surface area contributed by atoms with Crippen molar-refractivity contribution in [1.29, 1.82) is 0 Å². The Labute approximate surface area is 135 Å². The van der Waals surface area contributed by atoms with Crippen molar-refractivity contribution < 1.29 is 14.4 Å². The Morgan fingerprint density at radius 2 is 2.32 bits per heavy atom. The van der Waals surface area contributed by atoms with E-state index < -0.39 is 0 Å². The van der Waals surface area contributed by atoms with E-state index in [9.17, 15) is 4.79 Å². The Bertz CT molecular complexity index is 550. The van der Waals surface area contributed by atoms with Crippen LogP contribution in [0.4, 0.5) is 0 Å². The molecule has 22 heavy (non-hydrogen) atoms. The van der Waals surface area contributed by atoms with Crippen LogP contribution in [0.2, 0.25) is 0 Å². The summed E-state index contributed by atoms with van der Waals surface area (Å²) in [5.41, 5.74) is 3.88. The molecule has 1 aromatic rings. The number of amides is 1. The number of likely N-dealkylation sites (N-methyl/N-ethyl adjacent to an activating group) is 1. The van der Waals surface area contributed by atoms with E-state index >= 15 is 0 Å². The van der Waals surface area contributed by atoms with Crippen molar-refractivity contribution in [2.75, 3.05) is 20.2 Å². The second-order valence-electron chi connectivity index (χ2n) is 6.87. The Hall–Kier alpha value is -0.950. The molecule has 1 N–H and O–H groups in total. The summed E-state index contributed by atoms with van der Waals surface area (Å²) in [6, 6.07) is 2.00. The molecule has 3 heterocycles. The zero-order valence-corrected chi connectivity index (χ0v) is 14.3. The van der Waals surface area contributed by atoms with Crippen molar-refractivity contribution in [2.45, 2.75) is 51.4 Å². The lowest BCUT2D eigenvalue weighted by Crippen LogP contribution is -2.38. The summed E-state index contributed by atoms with van der Waals surface area (Å²) in [6.45, 7) is 7.07. The first-order valence-electron chi connectivity index (χ1n) is 7.85. The van der Waals surface area contributed by atoms with Crippen LogP contribution in [0.15, 0.2) is 6.07 Å². The molecule has 1 fully saturated rings. The number of hydroxylamine groups is 1. The molecule has 0 radical (unpaired) electrons. The number of nitrogens with zero attached hydrogens (tertiary/aromatic N) is 1. The maximum Gasteiger partial charge on any atom is 0.285 e. The van der Waals surface area contributed by atoms with Gasteiger partial charge in [0.25, 0.3) is 5.91 Å². The Kier molecular flexibility index (Phi) is 4.54. The highest BCUT2D eigenvalue weighted by Crippen LogP contribution is 2.38. The fraction of sp³-hybridized carbons (Fsp3) is 0.688. The molecule has 0 aromatic carbocycles. The zero-order chi connectivity index (χ0) is 15.7. The van der Waals surface area contributed by atoms with E-state index in [0.29, 0.717) is 11.5 Å². The zero-order valence-electron chi connectivity index (χ0n) is 13.5. The van der Waals surface area contributed by atoms with Crippen molar-refractivity contribution in [3.05, 3.63) is 21.4 Å². The fourth-order valence-corrected chi connectivity index (χ4v) is 4.45. The van der Waals surface area contributed by atoms with Gasteiger partial charge in [-0.15, -0.1) is 11.3 Å². The molecule has 0 spiro atoms. The van der Waals surface area contributed by atoms with Crippen LogP contribution in [0.1, 0.15) is 53.2 Å². The molecule has 1 atom stereocenters. The van der Waals surface area contributed by atoms with Gasteiger partial charge in [-0.3, -0.25) is 4.79 Å². The third kappa shape index (κ3) is 3.35. The van der Waals surface area contributed by atoms with Crippen molar-refractivity contribution in [2.24, 2.45) is 0 Å². The van der Waals surface area contributed by atoms with Gasteiger partial charge in [-0.05, 0) is 31.5 Å². The number of carbonyl (C=O) groups excluding carboxylic acids is 1. The molecule has 2 aliphatic heterocycles. The van der Waals surface area contributed by atoms with Gasteiger partial charge < -0.3 is 9.64 Å². The van der Waals surface area contributed by atoms with Crippen LogP contribution < -0.4 is 5.48 Å². The minimum atomic E-state index is -0.310. The lowest BCUT2D eigenvalue weighted by molar-refractivity contribution is -0.186. The van der Waals surface area contributed by atoms with Crippen molar-refractivity contribution >= 4 is 17.2 Å². The molecule has 1 amide bonds. The smallest absolute Gasteiger partial charge is 0.285 e. The van der Waals surface area contributed by atoms with Gasteiger partial charge in [0.2, 0.25) is 0 Å². The molecule has 1 unspecified atom stereocenters. The molecular weight excluding hydrogens is 300 g/mol. The molecule has 1 aromatic heterocycles. The largest absolute Gasteiger partial charge is 0.350 e. The highest BCUT2D eigenvalue weighted by Gasteiger charge is 2.33. The Morgan fingerprint density at radius 1 is 1.50 bits per heavy atom. The van der Waals surface area contributed by atoms with E-state index in [2.05, 4.69) is 31.3 Å². The summed E-state index contributed by atoms with van der Waals surface area (Å²) in [7, 11) is 2.12. The van der Waals surface area contributed by atoms with Crippen molar-refractivity contribution in [3.8, 4) is 0 Å². The maximum atomic E-state index is 12.3. The molecule has 5 nitrogen and oxygen atoms in total. The summed E-state index contributed by atoms with van der Waals surface area (Å²) in [4.78, 5) is 22.0. The standard InChI is InChI=1S/C16H24N2O3S/c1-16(2)10-18(3)9-11-8-12(22-14(11)16)15(19)17-21-13-6-4-5-7-20-13/h8,13H,4-7,9-10H2,1-3H3,(H,17,19). The van der Waals surface area contributed by atoms with Crippen LogP contribution >= 0.6 is 11.3 Å². The topological polar surface area (TPSA) is 50.8 Å². The average molecular weight is 324 g/mol. The lowest BCUT2D eigenvalue weighted by atomic mass is 9.85. The minimum absolute atomic E-state index is 0.0822. The third-order valence-corrected chi connectivity index (χ3v) is 5.72. The number of fused-ring (bicyclic) bond motifs is 1. The summed E-state index contributed by atoms with van der Waals surface area (Å²) >= 11 is 1.58. The summed E-state index contributed by atoms with van der Waals surface area (Å²) in [5.74, 6) is -0.174. The van der Waals surface area contributed by atoms with Gasteiger partial charge in [0, 0.05) is 36.4 Å². The van der Waals surface area contributed by atoms with Gasteiger partial charge in [0.15, 0.2) is 6.29 Å². The predicted molar refractivity (Wildman–Crippen MR) is 85.8 cm³/mol. The molecule has 2 aliphatic rings. The number of rotatable bonds is 3. The maximum absolute atomic E-state index is 12.3. The molecular formula is C16H24N2O3S. The first-order chi connectivity index (χ1) is 10.5. The number of ether oxygens (including phenoxy) is 1. The number of hydrogen-bond acceptors (Lipinski definition) is 5. The van der Waals surface area contributed by atoms with E-state index in [1.165, 1.54) is 10.4 Å². The van der Waals surface area contributed by atoms with Crippen molar-refractivity contribution in [3.63, 3.8) is 0 Å². The van der Waals surface area contributed by atoms with Crippen LogP contribution in [0.25, 0.3) is 0 Å². The van der Waals surface area contributed by atoms with E-state index in [-0.39, 0.29) is 17.6 Å². The summed E-state index contributed by atoms with van der Waals surface area (Å²) in [5, 5.41) is 0. The number of nitrogens with one attached hydrogen (secondary N) is 1. The molecule has 122 valence electrons. The predicted octanol–water partition coefficient (Wildman–Crippen LogP) is 2.66. The van der Waals surface area contributed by atoms with Gasteiger partial charge in [0.1, 0.15) is 0 Å². The van der Waals surface area contributed by atoms with Crippen LogP contribution in [0.3, 0.4) is 0 Å². The van der Waals surface area contributed by atoms with Crippen LogP contribution in [0.5, 0.6) is 0 Å². The highest BCUT2D eigenvalue weighted by atomic mass is 32.1. The minimum Gasteiger partial charge on any atom is -0.350 e. The average Bonchev–Trinajstić information content (AvgIpc) is 2.90. The molecule has 3 rings (SSSR count). The Morgan fingerprint density at radius 3 is 3.05 bits per heavy atom.